The molecule has 1 saturated heterocycles. The number of hydrogen-bond acceptors (Lipinski definition) is 6. The van der Waals surface area contributed by atoms with E-state index >= 15 is 0 Å². The molecule has 0 aromatic carbocycles. The fourth-order valence-corrected chi connectivity index (χ4v) is 1.76. The molecule has 90 valence electrons. The number of aromatic nitrogens is 1. The van der Waals surface area contributed by atoms with Crippen molar-refractivity contribution in [1.29, 1.82) is 5.26 Å². The van der Waals surface area contributed by atoms with Crippen molar-refractivity contribution < 1.29 is 9.84 Å². The Morgan fingerprint density at radius 3 is 3.18 bits per heavy atom. The quantitative estimate of drug-likeness (QED) is 0.731. The maximum absolute atomic E-state index is 9.06. The molecular formula is C11H14N4O2. The molecule has 6 nitrogen and oxygen atoms in total. The zero-order valence-corrected chi connectivity index (χ0v) is 9.33. The van der Waals surface area contributed by atoms with Crippen LogP contribution in [-0.4, -0.2) is 42.5 Å². The van der Waals surface area contributed by atoms with E-state index < -0.39 is 0 Å². The van der Waals surface area contributed by atoms with Crippen molar-refractivity contribution in [3.05, 3.63) is 17.8 Å². The van der Waals surface area contributed by atoms with Crippen LogP contribution in [0.4, 0.5) is 11.5 Å². The van der Waals surface area contributed by atoms with Crippen LogP contribution in [0.15, 0.2) is 12.1 Å². The number of hydrogen-bond donors (Lipinski definition) is 2. The molecule has 1 aromatic rings. The van der Waals surface area contributed by atoms with Gasteiger partial charge in [-0.15, -0.1) is 0 Å². The summed E-state index contributed by atoms with van der Waals surface area (Å²) in [6.45, 7) is 1.78. The van der Waals surface area contributed by atoms with E-state index in [4.69, 9.17) is 20.8 Å². The number of aliphatic hydroxyl groups excluding tert-OH is 1. The van der Waals surface area contributed by atoms with Crippen molar-refractivity contribution in [1.82, 2.24) is 4.98 Å². The number of pyridine rings is 1. The fourth-order valence-electron chi connectivity index (χ4n) is 1.76. The highest BCUT2D eigenvalue weighted by Gasteiger charge is 2.21. The molecule has 3 N–H and O–H groups in total. The number of nitriles is 1. The predicted octanol–water partition coefficient (Wildman–Crippen LogP) is -0.267. The second kappa shape index (κ2) is 4.99. The summed E-state index contributed by atoms with van der Waals surface area (Å²) in [7, 11) is 0. The second-order valence-electron chi connectivity index (χ2n) is 3.84. The van der Waals surface area contributed by atoms with Crippen LogP contribution < -0.4 is 10.6 Å². The van der Waals surface area contributed by atoms with E-state index in [9.17, 15) is 0 Å². The zero-order valence-electron chi connectivity index (χ0n) is 9.33. The molecule has 0 radical (unpaired) electrons. The SMILES string of the molecule is N#Cc1nc(N2CCOC(CO)C2)ccc1N. The van der Waals surface area contributed by atoms with Gasteiger partial charge in [0, 0.05) is 13.1 Å². The van der Waals surface area contributed by atoms with Crippen molar-refractivity contribution in [3.63, 3.8) is 0 Å². The maximum Gasteiger partial charge on any atom is 0.165 e. The minimum absolute atomic E-state index is 0.0173. The van der Waals surface area contributed by atoms with Crippen molar-refractivity contribution in [3.8, 4) is 6.07 Å². The number of morpholine rings is 1. The van der Waals surface area contributed by atoms with Crippen molar-refractivity contribution in [2.45, 2.75) is 6.10 Å². The second-order valence-corrected chi connectivity index (χ2v) is 3.84. The highest BCUT2D eigenvalue weighted by Crippen LogP contribution is 2.18. The Hall–Kier alpha value is -1.84. The van der Waals surface area contributed by atoms with E-state index in [2.05, 4.69) is 4.98 Å². The van der Waals surface area contributed by atoms with Crippen molar-refractivity contribution >= 4 is 11.5 Å². The summed E-state index contributed by atoms with van der Waals surface area (Å²) < 4.78 is 5.35. The smallest absolute Gasteiger partial charge is 0.165 e. The molecule has 1 aliphatic heterocycles. The van der Waals surface area contributed by atoms with Crippen LogP contribution in [0.5, 0.6) is 0 Å². The van der Waals surface area contributed by atoms with Crippen LogP contribution in [0.25, 0.3) is 0 Å². The molecule has 0 amide bonds. The standard InChI is InChI=1S/C11H14N4O2/c12-5-10-9(13)1-2-11(14-10)15-3-4-17-8(6-15)7-16/h1-2,8,16H,3-4,6-7,13H2. The molecule has 2 rings (SSSR count). The number of aliphatic hydroxyl groups is 1. The first kappa shape index (κ1) is 11.6. The van der Waals surface area contributed by atoms with Crippen LogP contribution >= 0.6 is 0 Å². The number of rotatable bonds is 2. The Kier molecular flexibility index (Phi) is 3.42. The lowest BCUT2D eigenvalue weighted by molar-refractivity contribution is 0.00336. The Balaban J connectivity index is 2.19. The zero-order chi connectivity index (χ0) is 12.3. The Labute approximate surface area is 99.2 Å². The lowest BCUT2D eigenvalue weighted by Gasteiger charge is -2.32. The van der Waals surface area contributed by atoms with Crippen LogP contribution in [0.1, 0.15) is 5.69 Å². The number of nitrogens with zero attached hydrogens (tertiary/aromatic N) is 3. The predicted molar refractivity (Wildman–Crippen MR) is 62.4 cm³/mol. The lowest BCUT2D eigenvalue weighted by atomic mass is 10.2. The van der Waals surface area contributed by atoms with Crippen LogP contribution in [0, 0.1) is 11.3 Å². The van der Waals surface area contributed by atoms with Crippen molar-refractivity contribution in [2.75, 3.05) is 36.9 Å². The van der Waals surface area contributed by atoms with Gasteiger partial charge in [-0.2, -0.15) is 5.26 Å². The molecule has 1 aliphatic rings. The van der Waals surface area contributed by atoms with E-state index in [0.29, 0.717) is 31.2 Å². The highest BCUT2D eigenvalue weighted by molar-refractivity contribution is 5.55. The minimum Gasteiger partial charge on any atom is -0.396 e. The average molecular weight is 234 g/mol. The molecule has 0 bridgehead atoms. The van der Waals surface area contributed by atoms with Crippen LogP contribution in [0.2, 0.25) is 0 Å². The van der Waals surface area contributed by atoms with Gasteiger partial charge in [0.25, 0.3) is 0 Å². The molecule has 6 heteroatoms. The molecule has 0 saturated carbocycles. The van der Waals surface area contributed by atoms with Gasteiger partial charge in [-0.1, -0.05) is 0 Å². The molecule has 1 atom stereocenters. The average Bonchev–Trinajstić information content (AvgIpc) is 2.39. The lowest BCUT2D eigenvalue weighted by Crippen LogP contribution is -2.44. The molecule has 1 fully saturated rings. The summed E-state index contributed by atoms with van der Waals surface area (Å²) in [4.78, 5) is 6.16. The topological polar surface area (TPSA) is 95.4 Å². The Bertz CT molecular complexity index is 444. The third-order valence-electron chi connectivity index (χ3n) is 2.68. The first-order valence-corrected chi connectivity index (χ1v) is 5.38. The molecule has 0 spiro atoms. The van der Waals surface area contributed by atoms with Gasteiger partial charge in [0.15, 0.2) is 5.69 Å². The molecular weight excluding hydrogens is 220 g/mol. The van der Waals surface area contributed by atoms with Gasteiger partial charge in [-0.05, 0) is 12.1 Å². The largest absolute Gasteiger partial charge is 0.396 e. The first-order chi connectivity index (χ1) is 8.24. The molecule has 0 aliphatic carbocycles. The van der Waals surface area contributed by atoms with Gasteiger partial charge < -0.3 is 20.5 Å². The van der Waals surface area contributed by atoms with E-state index in [1.165, 1.54) is 0 Å². The summed E-state index contributed by atoms with van der Waals surface area (Å²) in [5, 5.41) is 17.9. The molecule has 1 unspecified atom stereocenters. The summed E-state index contributed by atoms with van der Waals surface area (Å²) in [5.74, 6) is 0.692. The van der Waals surface area contributed by atoms with Gasteiger partial charge in [-0.25, -0.2) is 4.98 Å². The first-order valence-electron chi connectivity index (χ1n) is 5.38. The number of nitrogens with two attached hydrogens (primary N) is 1. The fraction of sp³-hybridized carbons (Fsp3) is 0.455. The van der Waals surface area contributed by atoms with E-state index in [-0.39, 0.29) is 18.4 Å². The molecule has 2 heterocycles. The normalized spacial score (nSPS) is 20.0. The summed E-state index contributed by atoms with van der Waals surface area (Å²) in [6.07, 6.45) is -0.200. The number of anilines is 2. The maximum atomic E-state index is 9.06. The minimum atomic E-state index is -0.200. The van der Waals surface area contributed by atoms with E-state index in [1.54, 1.807) is 12.1 Å². The third kappa shape index (κ3) is 2.46. The number of ether oxygens (including phenoxy) is 1. The summed E-state index contributed by atoms with van der Waals surface area (Å²) in [6, 6.07) is 5.40. The van der Waals surface area contributed by atoms with Gasteiger partial charge >= 0.3 is 0 Å². The van der Waals surface area contributed by atoms with Crippen molar-refractivity contribution in [2.24, 2.45) is 0 Å². The monoisotopic (exact) mass is 234 g/mol. The number of nitrogen functional groups attached to an aromatic ring is 1. The van der Waals surface area contributed by atoms with Crippen LogP contribution in [-0.2, 0) is 4.74 Å². The van der Waals surface area contributed by atoms with Gasteiger partial charge in [0.2, 0.25) is 0 Å². The Morgan fingerprint density at radius 1 is 1.65 bits per heavy atom. The van der Waals surface area contributed by atoms with E-state index in [1.807, 2.05) is 11.0 Å². The van der Waals surface area contributed by atoms with Gasteiger partial charge in [0.05, 0.1) is 25.0 Å². The van der Waals surface area contributed by atoms with Gasteiger partial charge in [0.1, 0.15) is 11.9 Å². The highest BCUT2D eigenvalue weighted by atomic mass is 16.5. The summed E-state index contributed by atoms with van der Waals surface area (Å²) >= 11 is 0. The molecule has 1 aromatic heterocycles. The third-order valence-corrected chi connectivity index (χ3v) is 2.68. The van der Waals surface area contributed by atoms with Gasteiger partial charge in [-0.3, -0.25) is 0 Å². The Morgan fingerprint density at radius 2 is 2.47 bits per heavy atom. The van der Waals surface area contributed by atoms with Crippen LogP contribution in [0.3, 0.4) is 0 Å². The molecule has 17 heavy (non-hydrogen) atoms. The summed E-state index contributed by atoms with van der Waals surface area (Å²) in [5.41, 5.74) is 6.22. The van der Waals surface area contributed by atoms with E-state index in [0.717, 1.165) is 0 Å².